The van der Waals surface area contributed by atoms with E-state index in [0.29, 0.717) is 5.01 Å². The smallest absolute Gasteiger partial charge is 0.240 e. The van der Waals surface area contributed by atoms with E-state index in [1.54, 1.807) is 24.5 Å². The first-order chi connectivity index (χ1) is 11.6. The molecule has 3 aromatic rings. The number of rotatable bonds is 6. The quantitative estimate of drug-likeness (QED) is 0.733. The van der Waals surface area contributed by atoms with Crippen LogP contribution in [0.25, 0.3) is 11.3 Å². The van der Waals surface area contributed by atoms with Crippen LogP contribution in [0.5, 0.6) is 0 Å². The summed E-state index contributed by atoms with van der Waals surface area (Å²) >= 11 is 1.42. The van der Waals surface area contributed by atoms with Gasteiger partial charge in [0.1, 0.15) is 5.01 Å². The van der Waals surface area contributed by atoms with E-state index >= 15 is 0 Å². The first kappa shape index (κ1) is 16.8. The van der Waals surface area contributed by atoms with Crippen LogP contribution in [-0.2, 0) is 23.0 Å². The van der Waals surface area contributed by atoms with Crippen LogP contribution in [0.2, 0.25) is 0 Å². The van der Waals surface area contributed by atoms with Crippen molar-refractivity contribution in [3.63, 3.8) is 0 Å². The summed E-state index contributed by atoms with van der Waals surface area (Å²) in [5.41, 5.74) is 2.82. The summed E-state index contributed by atoms with van der Waals surface area (Å²) in [6.07, 6.45) is 4.32. The highest BCUT2D eigenvalue weighted by molar-refractivity contribution is 7.89. The minimum atomic E-state index is -3.53. The predicted octanol–water partition coefficient (Wildman–Crippen LogP) is 3.25. The third-order valence-corrected chi connectivity index (χ3v) is 5.83. The van der Waals surface area contributed by atoms with Gasteiger partial charge < -0.3 is 0 Å². The van der Waals surface area contributed by atoms with E-state index in [1.807, 2.05) is 36.6 Å². The standard InChI is InChI=1S/C17H17N3O2S2/c1-2-13-5-7-15(8-6-13)24(21,22)19-11-17-20-16(12-23-17)14-4-3-9-18-10-14/h3-10,12,19H,2,11H2,1H3. The topological polar surface area (TPSA) is 72.0 Å². The highest BCUT2D eigenvalue weighted by atomic mass is 32.2. The fraction of sp³-hybridized carbons (Fsp3) is 0.176. The van der Waals surface area contributed by atoms with Gasteiger partial charge in [-0.2, -0.15) is 0 Å². The molecule has 0 spiro atoms. The Bertz CT molecular complexity index is 905. The highest BCUT2D eigenvalue weighted by Gasteiger charge is 2.14. The molecule has 0 amide bonds. The Kier molecular flexibility index (Phi) is 5.03. The maximum Gasteiger partial charge on any atom is 0.240 e. The number of hydrogen-bond donors (Lipinski definition) is 1. The number of thiazole rings is 1. The van der Waals surface area contributed by atoms with Gasteiger partial charge in [-0.25, -0.2) is 18.1 Å². The fourth-order valence-electron chi connectivity index (χ4n) is 2.18. The van der Waals surface area contributed by atoms with E-state index in [1.165, 1.54) is 11.3 Å². The van der Waals surface area contributed by atoms with Gasteiger partial charge in [0.2, 0.25) is 10.0 Å². The SMILES string of the molecule is CCc1ccc(S(=O)(=O)NCc2nc(-c3cccnc3)cs2)cc1. The minimum Gasteiger partial charge on any atom is -0.264 e. The summed E-state index contributed by atoms with van der Waals surface area (Å²) in [4.78, 5) is 8.79. The number of sulfonamides is 1. The lowest BCUT2D eigenvalue weighted by molar-refractivity contribution is 0.581. The summed E-state index contributed by atoms with van der Waals surface area (Å²) < 4.78 is 27.3. The second-order valence-corrected chi connectivity index (χ2v) is 7.90. The zero-order valence-corrected chi connectivity index (χ0v) is 14.8. The summed E-state index contributed by atoms with van der Waals surface area (Å²) in [6.45, 7) is 2.20. The van der Waals surface area contributed by atoms with Crippen LogP contribution >= 0.6 is 11.3 Å². The molecule has 2 heterocycles. The van der Waals surface area contributed by atoms with Crippen molar-refractivity contribution in [2.45, 2.75) is 24.8 Å². The first-order valence-electron chi connectivity index (χ1n) is 7.52. The number of aryl methyl sites for hydroxylation is 1. The van der Waals surface area contributed by atoms with Gasteiger partial charge >= 0.3 is 0 Å². The second-order valence-electron chi connectivity index (χ2n) is 5.19. The summed E-state index contributed by atoms with van der Waals surface area (Å²) in [6, 6.07) is 10.7. The van der Waals surface area contributed by atoms with E-state index < -0.39 is 10.0 Å². The monoisotopic (exact) mass is 359 g/mol. The molecule has 0 aliphatic heterocycles. The Morgan fingerprint density at radius 2 is 1.96 bits per heavy atom. The molecule has 24 heavy (non-hydrogen) atoms. The van der Waals surface area contributed by atoms with E-state index in [9.17, 15) is 8.42 Å². The maximum atomic E-state index is 12.3. The van der Waals surface area contributed by atoms with Crippen LogP contribution in [0.3, 0.4) is 0 Å². The van der Waals surface area contributed by atoms with Crippen LogP contribution in [0.4, 0.5) is 0 Å². The molecule has 0 fully saturated rings. The Hall–Kier alpha value is -2.09. The molecular weight excluding hydrogens is 342 g/mol. The lowest BCUT2D eigenvalue weighted by Gasteiger charge is -2.06. The summed E-state index contributed by atoms with van der Waals surface area (Å²) in [7, 11) is -3.53. The molecule has 7 heteroatoms. The van der Waals surface area contributed by atoms with Gasteiger partial charge in [0.25, 0.3) is 0 Å². The molecular formula is C17H17N3O2S2. The molecule has 5 nitrogen and oxygen atoms in total. The molecule has 1 N–H and O–H groups in total. The molecule has 0 aliphatic carbocycles. The van der Waals surface area contributed by atoms with Gasteiger partial charge in [-0.15, -0.1) is 11.3 Å². The van der Waals surface area contributed by atoms with E-state index in [2.05, 4.69) is 14.7 Å². The minimum absolute atomic E-state index is 0.169. The molecule has 2 aromatic heterocycles. The van der Waals surface area contributed by atoms with Crippen LogP contribution < -0.4 is 4.72 Å². The highest BCUT2D eigenvalue weighted by Crippen LogP contribution is 2.21. The average Bonchev–Trinajstić information content (AvgIpc) is 3.10. The van der Waals surface area contributed by atoms with Crippen LogP contribution in [0.15, 0.2) is 59.1 Å². The van der Waals surface area contributed by atoms with E-state index in [4.69, 9.17) is 0 Å². The zero-order valence-electron chi connectivity index (χ0n) is 13.1. The normalized spacial score (nSPS) is 11.5. The Morgan fingerprint density at radius 1 is 1.17 bits per heavy atom. The zero-order chi connectivity index (χ0) is 17.0. The molecule has 0 saturated heterocycles. The summed E-state index contributed by atoms with van der Waals surface area (Å²) in [5.74, 6) is 0. The van der Waals surface area contributed by atoms with Gasteiger partial charge in [0.05, 0.1) is 17.1 Å². The van der Waals surface area contributed by atoms with Crippen molar-refractivity contribution in [2.75, 3.05) is 0 Å². The van der Waals surface area contributed by atoms with E-state index in [0.717, 1.165) is 23.2 Å². The number of benzene rings is 1. The van der Waals surface area contributed by atoms with Crippen molar-refractivity contribution < 1.29 is 8.42 Å². The number of nitrogens with one attached hydrogen (secondary N) is 1. The van der Waals surface area contributed by atoms with Crippen LogP contribution in [0.1, 0.15) is 17.5 Å². The number of aromatic nitrogens is 2. The fourth-order valence-corrected chi connectivity index (χ4v) is 4.01. The molecule has 0 unspecified atom stereocenters. The number of hydrogen-bond acceptors (Lipinski definition) is 5. The maximum absolute atomic E-state index is 12.3. The van der Waals surface area contributed by atoms with Crippen molar-refractivity contribution in [3.05, 3.63) is 64.7 Å². The third kappa shape index (κ3) is 3.87. The van der Waals surface area contributed by atoms with Crippen LogP contribution in [-0.4, -0.2) is 18.4 Å². The van der Waals surface area contributed by atoms with Crippen LogP contribution in [0, 0.1) is 0 Å². The molecule has 3 rings (SSSR count). The van der Waals surface area contributed by atoms with Gasteiger partial charge in [-0.3, -0.25) is 4.98 Å². The molecule has 0 bridgehead atoms. The van der Waals surface area contributed by atoms with E-state index in [-0.39, 0.29) is 11.4 Å². The number of nitrogens with zero attached hydrogens (tertiary/aromatic N) is 2. The van der Waals surface area contributed by atoms with Crippen molar-refractivity contribution in [1.29, 1.82) is 0 Å². The first-order valence-corrected chi connectivity index (χ1v) is 9.88. The molecule has 0 aliphatic rings. The Morgan fingerprint density at radius 3 is 2.62 bits per heavy atom. The van der Waals surface area contributed by atoms with Gasteiger partial charge in [0.15, 0.2) is 0 Å². The van der Waals surface area contributed by atoms with Gasteiger partial charge in [-0.05, 0) is 36.2 Å². The molecule has 0 radical (unpaired) electrons. The van der Waals surface area contributed by atoms with Gasteiger partial charge in [0, 0.05) is 23.3 Å². The number of pyridine rings is 1. The lowest BCUT2D eigenvalue weighted by Crippen LogP contribution is -2.23. The van der Waals surface area contributed by atoms with Crippen molar-refractivity contribution in [3.8, 4) is 11.3 Å². The largest absolute Gasteiger partial charge is 0.264 e. The molecule has 0 saturated carbocycles. The Labute approximate surface area is 145 Å². The van der Waals surface area contributed by atoms with Crippen molar-refractivity contribution >= 4 is 21.4 Å². The second kappa shape index (κ2) is 7.21. The predicted molar refractivity (Wildman–Crippen MR) is 95.2 cm³/mol. The third-order valence-electron chi connectivity index (χ3n) is 3.56. The Balaban J connectivity index is 1.69. The average molecular weight is 359 g/mol. The summed E-state index contributed by atoms with van der Waals surface area (Å²) in [5, 5.41) is 2.61. The molecule has 124 valence electrons. The molecule has 1 aromatic carbocycles. The van der Waals surface area contributed by atoms with Crippen molar-refractivity contribution in [1.82, 2.24) is 14.7 Å². The van der Waals surface area contributed by atoms with Gasteiger partial charge in [-0.1, -0.05) is 19.1 Å². The lowest BCUT2D eigenvalue weighted by atomic mass is 10.2. The van der Waals surface area contributed by atoms with Crippen molar-refractivity contribution in [2.24, 2.45) is 0 Å². The molecule has 0 atom stereocenters.